The van der Waals surface area contributed by atoms with Crippen LogP contribution in [0.25, 0.3) is 0 Å². The summed E-state index contributed by atoms with van der Waals surface area (Å²) in [5.41, 5.74) is 1.16. The monoisotopic (exact) mass is 490 g/mol. The van der Waals surface area contributed by atoms with Crippen LogP contribution >= 0.6 is 0 Å². The van der Waals surface area contributed by atoms with Crippen molar-refractivity contribution in [2.45, 2.75) is 63.3 Å². The van der Waals surface area contributed by atoms with E-state index >= 15 is 0 Å². The molecule has 35 heavy (non-hydrogen) atoms. The summed E-state index contributed by atoms with van der Waals surface area (Å²) >= 11 is 0. The van der Waals surface area contributed by atoms with E-state index in [1.54, 1.807) is 25.3 Å². The van der Waals surface area contributed by atoms with E-state index in [9.17, 15) is 25.2 Å². The molecule has 0 aromatic heterocycles. The summed E-state index contributed by atoms with van der Waals surface area (Å²) in [6.07, 6.45) is -4.87. The van der Waals surface area contributed by atoms with Crippen molar-refractivity contribution in [2.24, 2.45) is 0 Å². The van der Waals surface area contributed by atoms with Gasteiger partial charge in [0.2, 0.25) is 6.29 Å². The van der Waals surface area contributed by atoms with E-state index in [2.05, 4.69) is 0 Å². The predicted octanol–water partition coefficient (Wildman–Crippen LogP) is 1.87. The zero-order valence-electron chi connectivity index (χ0n) is 20.0. The zero-order chi connectivity index (χ0) is 25.4. The SMILES string of the molecule is CCCCOc1cccc(O[C@@H]2O[C@H](CO)[C@@H](O)[C@H](O)[C@H]2O)c1C(=O)CCc1ccc(OC)cc1. The van der Waals surface area contributed by atoms with E-state index in [1.807, 2.05) is 31.2 Å². The van der Waals surface area contributed by atoms with Gasteiger partial charge in [0.25, 0.3) is 0 Å². The summed E-state index contributed by atoms with van der Waals surface area (Å²) < 4.78 is 22.3. The Morgan fingerprint density at radius 2 is 1.71 bits per heavy atom. The van der Waals surface area contributed by atoms with Crippen molar-refractivity contribution in [3.63, 3.8) is 0 Å². The number of unbranched alkanes of at least 4 members (excludes halogenated alkanes) is 1. The molecule has 0 spiro atoms. The Morgan fingerprint density at radius 3 is 2.37 bits per heavy atom. The molecule has 0 unspecified atom stereocenters. The van der Waals surface area contributed by atoms with Crippen LogP contribution in [0.3, 0.4) is 0 Å². The number of ketones is 1. The van der Waals surface area contributed by atoms with Gasteiger partial charge in [-0.3, -0.25) is 4.79 Å². The summed E-state index contributed by atoms with van der Waals surface area (Å²) in [5, 5.41) is 40.0. The number of rotatable bonds is 12. The Balaban J connectivity index is 1.83. The van der Waals surface area contributed by atoms with Crippen LogP contribution in [0.4, 0.5) is 0 Å². The van der Waals surface area contributed by atoms with Gasteiger partial charge in [-0.2, -0.15) is 0 Å². The van der Waals surface area contributed by atoms with Gasteiger partial charge in [0.15, 0.2) is 5.78 Å². The maximum atomic E-state index is 13.4. The Morgan fingerprint density at radius 1 is 1.00 bits per heavy atom. The predicted molar refractivity (Wildman–Crippen MR) is 127 cm³/mol. The molecule has 4 N–H and O–H groups in total. The summed E-state index contributed by atoms with van der Waals surface area (Å²) in [6.45, 7) is 1.86. The number of ether oxygens (including phenoxy) is 4. The molecule has 9 heteroatoms. The van der Waals surface area contributed by atoms with Crippen LogP contribution < -0.4 is 14.2 Å². The Labute approximate surface area is 204 Å². The minimum absolute atomic E-state index is 0.114. The van der Waals surface area contributed by atoms with Crippen LogP contribution in [0.15, 0.2) is 42.5 Å². The second kappa shape index (κ2) is 12.9. The average Bonchev–Trinajstić information content (AvgIpc) is 2.88. The lowest BCUT2D eigenvalue weighted by molar-refractivity contribution is -0.277. The average molecular weight is 491 g/mol. The van der Waals surface area contributed by atoms with Crippen LogP contribution in [0.5, 0.6) is 17.2 Å². The molecule has 1 heterocycles. The minimum Gasteiger partial charge on any atom is -0.497 e. The number of aryl methyl sites for hydroxylation is 1. The van der Waals surface area contributed by atoms with Gasteiger partial charge in [-0.25, -0.2) is 0 Å². The molecular formula is C26H34O9. The van der Waals surface area contributed by atoms with Gasteiger partial charge < -0.3 is 39.4 Å². The first kappa shape index (κ1) is 26.9. The summed E-state index contributed by atoms with van der Waals surface area (Å²) in [7, 11) is 1.59. The highest BCUT2D eigenvalue weighted by molar-refractivity contribution is 6.01. The maximum absolute atomic E-state index is 13.4. The number of carbonyl (C=O) groups excluding carboxylic acids is 1. The molecule has 9 nitrogen and oxygen atoms in total. The molecule has 1 aliphatic rings. The Hall–Kier alpha value is -2.69. The van der Waals surface area contributed by atoms with Crippen molar-refractivity contribution in [1.82, 2.24) is 0 Å². The van der Waals surface area contributed by atoms with Gasteiger partial charge in [-0.05, 0) is 42.7 Å². The number of carbonyl (C=O) groups is 1. The second-order valence-corrected chi connectivity index (χ2v) is 8.42. The van der Waals surface area contributed by atoms with Gasteiger partial charge in [0, 0.05) is 6.42 Å². The van der Waals surface area contributed by atoms with Crippen molar-refractivity contribution < 1.29 is 44.2 Å². The van der Waals surface area contributed by atoms with E-state index < -0.39 is 37.3 Å². The highest BCUT2D eigenvalue weighted by Gasteiger charge is 2.45. The first-order valence-corrected chi connectivity index (χ1v) is 11.8. The largest absolute Gasteiger partial charge is 0.497 e. The molecule has 1 saturated heterocycles. The smallest absolute Gasteiger partial charge is 0.229 e. The van der Waals surface area contributed by atoms with E-state index in [0.29, 0.717) is 18.8 Å². The fraction of sp³-hybridized carbons (Fsp3) is 0.500. The quantitative estimate of drug-likeness (QED) is 0.260. The van der Waals surface area contributed by atoms with Gasteiger partial charge in [-0.15, -0.1) is 0 Å². The summed E-state index contributed by atoms with van der Waals surface area (Å²) in [4.78, 5) is 13.4. The topological polar surface area (TPSA) is 135 Å². The number of Topliss-reactive ketones (excluding diaryl/α,β-unsaturated/α-hetero) is 1. The van der Waals surface area contributed by atoms with Crippen molar-refractivity contribution in [3.05, 3.63) is 53.6 Å². The summed E-state index contributed by atoms with van der Waals surface area (Å²) in [6, 6.07) is 12.3. The Bertz CT molecular complexity index is 944. The number of hydrogen-bond acceptors (Lipinski definition) is 9. The molecule has 192 valence electrons. The van der Waals surface area contributed by atoms with Crippen molar-refractivity contribution >= 4 is 5.78 Å². The van der Waals surface area contributed by atoms with Gasteiger partial charge in [0.05, 0.1) is 20.3 Å². The van der Waals surface area contributed by atoms with Gasteiger partial charge >= 0.3 is 0 Å². The molecule has 2 aromatic rings. The molecule has 1 aliphatic heterocycles. The number of aliphatic hydroxyl groups excluding tert-OH is 4. The lowest BCUT2D eigenvalue weighted by Crippen LogP contribution is -2.60. The number of aliphatic hydroxyl groups is 4. The number of benzene rings is 2. The number of hydrogen-bond donors (Lipinski definition) is 4. The van der Waals surface area contributed by atoms with Crippen LogP contribution in [0.1, 0.15) is 42.1 Å². The molecule has 2 aromatic carbocycles. The fourth-order valence-electron chi connectivity index (χ4n) is 3.80. The van der Waals surface area contributed by atoms with Crippen LogP contribution in [0.2, 0.25) is 0 Å². The first-order valence-electron chi connectivity index (χ1n) is 11.8. The second-order valence-electron chi connectivity index (χ2n) is 8.42. The summed E-state index contributed by atoms with van der Waals surface area (Å²) in [5.74, 6) is 0.959. The number of methoxy groups -OCH3 is 1. The normalized spacial score (nSPS) is 24.1. The third-order valence-electron chi connectivity index (χ3n) is 5.91. The highest BCUT2D eigenvalue weighted by Crippen LogP contribution is 2.33. The molecule has 0 bridgehead atoms. The van der Waals surface area contributed by atoms with E-state index in [4.69, 9.17) is 18.9 Å². The molecule has 0 aliphatic carbocycles. The molecule has 0 amide bonds. The van der Waals surface area contributed by atoms with Crippen molar-refractivity contribution in [2.75, 3.05) is 20.3 Å². The zero-order valence-corrected chi connectivity index (χ0v) is 20.0. The van der Waals surface area contributed by atoms with Crippen LogP contribution in [-0.4, -0.2) is 77.2 Å². The minimum atomic E-state index is -1.60. The van der Waals surface area contributed by atoms with Gasteiger partial charge in [0.1, 0.15) is 47.2 Å². The standard InChI is InChI=1S/C26H34O9/c1-3-4-14-33-19-6-5-7-20(34-26-25(31)24(30)23(29)21(15-27)35-26)22(19)18(28)13-10-16-8-11-17(32-2)12-9-16/h5-9,11-12,21,23-27,29-31H,3-4,10,13-15H2,1-2H3/t21-,23-,24+,25-,26-/m1/s1. The lowest BCUT2D eigenvalue weighted by Gasteiger charge is -2.39. The Kier molecular flexibility index (Phi) is 9.88. The first-order chi connectivity index (χ1) is 16.9. The van der Waals surface area contributed by atoms with E-state index in [0.717, 1.165) is 24.2 Å². The lowest BCUT2D eigenvalue weighted by atomic mass is 9.99. The van der Waals surface area contributed by atoms with Crippen LogP contribution in [-0.2, 0) is 11.2 Å². The van der Waals surface area contributed by atoms with Crippen LogP contribution in [0, 0.1) is 0 Å². The molecule has 5 atom stereocenters. The fourth-order valence-corrected chi connectivity index (χ4v) is 3.80. The third kappa shape index (κ3) is 6.71. The highest BCUT2D eigenvalue weighted by atomic mass is 16.7. The van der Waals surface area contributed by atoms with E-state index in [1.165, 1.54) is 0 Å². The van der Waals surface area contributed by atoms with E-state index in [-0.39, 0.29) is 23.5 Å². The third-order valence-corrected chi connectivity index (χ3v) is 5.91. The molecular weight excluding hydrogens is 456 g/mol. The molecule has 0 radical (unpaired) electrons. The van der Waals surface area contributed by atoms with Gasteiger partial charge in [-0.1, -0.05) is 31.5 Å². The molecule has 1 fully saturated rings. The maximum Gasteiger partial charge on any atom is 0.229 e. The van der Waals surface area contributed by atoms with Crippen molar-refractivity contribution in [1.29, 1.82) is 0 Å². The van der Waals surface area contributed by atoms with Crippen molar-refractivity contribution in [3.8, 4) is 17.2 Å². The molecule has 0 saturated carbocycles. The molecule has 3 rings (SSSR count).